The second-order valence-electron chi connectivity index (χ2n) is 5.76. The zero-order chi connectivity index (χ0) is 11.8. The minimum absolute atomic E-state index is 0.178. The number of carbonyl (C=O) groups excluding carboxylic acids is 1. The molecular formula is C12H15NO4. The number of hydrogen-bond acceptors (Lipinski definition) is 4. The molecule has 5 atom stereocenters. The number of quaternary nitrogens is 1. The largest absolute Gasteiger partial charge is 0.632 e. The average Bonchev–Trinajstić information content (AvgIpc) is 2.77. The number of ether oxygens (including phenoxy) is 1. The van der Waals surface area contributed by atoms with Gasteiger partial charge in [0.1, 0.15) is 18.2 Å². The van der Waals surface area contributed by atoms with Gasteiger partial charge in [0.15, 0.2) is 5.60 Å². The number of nitrogens with zero attached hydrogens (tertiary/aromatic N) is 1. The zero-order valence-corrected chi connectivity index (χ0v) is 9.46. The molecular weight excluding hydrogens is 222 g/mol. The van der Waals surface area contributed by atoms with E-state index in [2.05, 4.69) is 0 Å². The number of rotatable bonds is 0. The maximum Gasteiger partial charge on any atom is 0.331 e. The molecule has 2 bridgehead atoms. The Morgan fingerprint density at radius 1 is 1.59 bits per heavy atom. The molecule has 5 aliphatic rings. The summed E-state index contributed by atoms with van der Waals surface area (Å²) in [6.45, 7) is 0.555. The standard InChI is InChI=1S/C12H15NO4/c14-9-6-12-7(5-11(15)17-12)4-8(9)13(16)3-1-2-10(12)13/h5,8-10,14H,1-4,6H2/t8-,9+,10-,12+,13?/m0/s1. The average molecular weight is 237 g/mol. The van der Waals surface area contributed by atoms with Gasteiger partial charge in [-0.15, -0.1) is 0 Å². The van der Waals surface area contributed by atoms with Gasteiger partial charge in [0.05, 0.1) is 6.54 Å². The first-order chi connectivity index (χ1) is 8.06. The maximum atomic E-state index is 12.9. The molecule has 17 heavy (non-hydrogen) atoms. The lowest BCUT2D eigenvalue weighted by molar-refractivity contribution is -0.937. The van der Waals surface area contributed by atoms with Gasteiger partial charge in [0.25, 0.3) is 0 Å². The first-order valence-corrected chi connectivity index (χ1v) is 6.27. The highest BCUT2D eigenvalue weighted by atomic mass is 16.6. The molecule has 4 aliphatic heterocycles. The van der Waals surface area contributed by atoms with Crippen molar-refractivity contribution < 1.29 is 19.3 Å². The third kappa shape index (κ3) is 0.953. The van der Waals surface area contributed by atoms with Crippen LogP contribution in [-0.2, 0) is 9.53 Å². The first kappa shape index (κ1) is 10.1. The summed E-state index contributed by atoms with van der Waals surface area (Å²) in [4.78, 5) is 11.5. The van der Waals surface area contributed by atoms with Gasteiger partial charge in [-0.2, -0.15) is 0 Å². The summed E-state index contributed by atoms with van der Waals surface area (Å²) in [5.74, 6) is -0.340. The summed E-state index contributed by atoms with van der Waals surface area (Å²) >= 11 is 0. The Labute approximate surface area is 98.8 Å². The van der Waals surface area contributed by atoms with Crippen molar-refractivity contribution in [2.24, 2.45) is 0 Å². The Balaban J connectivity index is 1.90. The van der Waals surface area contributed by atoms with Crippen LogP contribution in [0.15, 0.2) is 11.6 Å². The molecule has 4 heterocycles. The second-order valence-corrected chi connectivity index (χ2v) is 5.76. The van der Waals surface area contributed by atoms with E-state index in [0.717, 1.165) is 18.4 Å². The van der Waals surface area contributed by atoms with Crippen molar-refractivity contribution in [1.29, 1.82) is 0 Å². The molecule has 1 spiro atoms. The molecule has 0 aromatic rings. The predicted octanol–water partition coefficient (Wildman–Crippen LogP) is 0.222. The van der Waals surface area contributed by atoms with Crippen LogP contribution in [0.25, 0.3) is 0 Å². The summed E-state index contributed by atoms with van der Waals surface area (Å²) in [6, 6.07) is -0.465. The van der Waals surface area contributed by atoms with Crippen LogP contribution in [0.4, 0.5) is 0 Å². The Bertz CT molecular complexity index is 448. The quantitative estimate of drug-likeness (QED) is 0.372. The van der Waals surface area contributed by atoms with E-state index in [9.17, 15) is 15.1 Å². The van der Waals surface area contributed by atoms with E-state index < -0.39 is 11.7 Å². The highest BCUT2D eigenvalue weighted by Gasteiger charge is 2.69. The van der Waals surface area contributed by atoms with Gasteiger partial charge in [0.2, 0.25) is 0 Å². The number of fused-ring (bicyclic) bond motifs is 1. The molecule has 1 aliphatic carbocycles. The van der Waals surface area contributed by atoms with Crippen LogP contribution in [0, 0.1) is 5.21 Å². The lowest BCUT2D eigenvalue weighted by Crippen LogP contribution is -2.75. The van der Waals surface area contributed by atoms with Gasteiger partial charge in [0, 0.05) is 31.8 Å². The van der Waals surface area contributed by atoms with Crippen molar-refractivity contribution in [2.75, 3.05) is 6.54 Å². The number of piperidine rings is 2. The number of esters is 1. The van der Waals surface area contributed by atoms with E-state index in [-0.39, 0.29) is 22.7 Å². The lowest BCUT2D eigenvalue weighted by Gasteiger charge is -2.64. The Morgan fingerprint density at radius 3 is 3.24 bits per heavy atom. The highest BCUT2D eigenvalue weighted by Crippen LogP contribution is 2.57. The molecule has 3 saturated heterocycles. The number of aliphatic hydroxyl groups excluding tert-OH is 1. The van der Waals surface area contributed by atoms with Crippen LogP contribution in [0.1, 0.15) is 25.7 Å². The van der Waals surface area contributed by atoms with Crippen LogP contribution in [-0.4, -0.2) is 46.1 Å². The number of carbonyl (C=O) groups is 1. The Morgan fingerprint density at radius 2 is 2.41 bits per heavy atom. The van der Waals surface area contributed by atoms with Crippen molar-refractivity contribution in [3.63, 3.8) is 0 Å². The molecule has 5 heteroatoms. The molecule has 0 radical (unpaired) electrons. The van der Waals surface area contributed by atoms with Gasteiger partial charge in [-0.25, -0.2) is 4.79 Å². The van der Waals surface area contributed by atoms with E-state index in [0.29, 0.717) is 19.4 Å². The fourth-order valence-corrected chi connectivity index (χ4v) is 4.50. The topological polar surface area (TPSA) is 69.6 Å². The van der Waals surface area contributed by atoms with E-state index in [1.54, 1.807) is 6.08 Å². The van der Waals surface area contributed by atoms with Crippen molar-refractivity contribution in [1.82, 2.24) is 0 Å². The third-order valence-electron chi connectivity index (χ3n) is 5.12. The molecule has 1 N–H and O–H groups in total. The molecule has 92 valence electrons. The summed E-state index contributed by atoms with van der Waals surface area (Å²) in [7, 11) is 0. The van der Waals surface area contributed by atoms with Crippen LogP contribution in [0.3, 0.4) is 0 Å². The highest BCUT2D eigenvalue weighted by molar-refractivity contribution is 5.87. The summed E-state index contributed by atoms with van der Waals surface area (Å²) in [5.41, 5.74) is 0.179. The summed E-state index contributed by atoms with van der Waals surface area (Å²) < 4.78 is 5.14. The van der Waals surface area contributed by atoms with Crippen LogP contribution in [0.2, 0.25) is 0 Å². The van der Waals surface area contributed by atoms with Crippen LogP contribution >= 0.6 is 0 Å². The molecule has 4 fully saturated rings. The molecule has 0 aromatic heterocycles. The van der Waals surface area contributed by atoms with E-state index in [1.165, 1.54) is 0 Å². The van der Waals surface area contributed by atoms with Crippen molar-refractivity contribution >= 4 is 5.97 Å². The minimum Gasteiger partial charge on any atom is -0.632 e. The molecule has 1 saturated carbocycles. The van der Waals surface area contributed by atoms with Gasteiger partial charge in [-0.1, -0.05) is 0 Å². The van der Waals surface area contributed by atoms with Crippen molar-refractivity contribution in [2.45, 2.75) is 49.5 Å². The monoisotopic (exact) mass is 237 g/mol. The lowest BCUT2D eigenvalue weighted by atomic mass is 9.67. The fraction of sp³-hybridized carbons (Fsp3) is 0.750. The van der Waals surface area contributed by atoms with E-state index >= 15 is 0 Å². The molecule has 0 amide bonds. The maximum absolute atomic E-state index is 12.9. The molecule has 5 nitrogen and oxygen atoms in total. The number of hydroxylamine groups is 3. The Hall–Kier alpha value is -0.910. The third-order valence-corrected chi connectivity index (χ3v) is 5.12. The van der Waals surface area contributed by atoms with Crippen molar-refractivity contribution in [3.8, 4) is 0 Å². The van der Waals surface area contributed by atoms with Crippen LogP contribution < -0.4 is 0 Å². The van der Waals surface area contributed by atoms with Crippen LogP contribution in [0.5, 0.6) is 0 Å². The minimum atomic E-state index is -0.774. The summed E-state index contributed by atoms with van der Waals surface area (Å²) in [5, 5.41) is 23.0. The van der Waals surface area contributed by atoms with Gasteiger partial charge >= 0.3 is 5.97 Å². The normalized spacial score (nSPS) is 55.3. The van der Waals surface area contributed by atoms with Gasteiger partial charge in [-0.05, 0) is 5.57 Å². The second kappa shape index (κ2) is 2.74. The molecule has 1 unspecified atom stereocenters. The summed E-state index contributed by atoms with van der Waals surface area (Å²) in [6.07, 6.45) is 3.52. The zero-order valence-electron chi connectivity index (χ0n) is 9.46. The molecule has 0 aromatic carbocycles. The van der Waals surface area contributed by atoms with Gasteiger partial charge < -0.3 is 19.7 Å². The van der Waals surface area contributed by atoms with E-state index in [1.807, 2.05) is 0 Å². The molecule has 5 rings (SSSR count). The Kier molecular flexibility index (Phi) is 1.62. The first-order valence-electron chi connectivity index (χ1n) is 6.27. The fourth-order valence-electron chi connectivity index (χ4n) is 4.50. The number of hydrogen-bond donors (Lipinski definition) is 1. The van der Waals surface area contributed by atoms with Gasteiger partial charge in [-0.3, -0.25) is 0 Å². The van der Waals surface area contributed by atoms with E-state index in [4.69, 9.17) is 4.74 Å². The predicted molar refractivity (Wildman–Crippen MR) is 57.5 cm³/mol. The number of aliphatic hydroxyl groups is 1. The van der Waals surface area contributed by atoms with Crippen molar-refractivity contribution in [3.05, 3.63) is 16.9 Å². The smallest absolute Gasteiger partial charge is 0.331 e. The SMILES string of the molecule is O=C1C=C2C[C@H]3[C@H](O)C[C@]2(O1)[C@@H]1CCC[N+]31[O-].